The van der Waals surface area contributed by atoms with Gasteiger partial charge in [-0.05, 0) is 42.0 Å². The van der Waals surface area contributed by atoms with Crippen molar-refractivity contribution in [3.8, 4) is 17.4 Å². The summed E-state index contributed by atoms with van der Waals surface area (Å²) in [4.78, 5) is 16.2. The Hall–Kier alpha value is -3.61. The van der Waals surface area contributed by atoms with Crippen LogP contribution in [0.5, 0.6) is 17.4 Å². The highest BCUT2D eigenvalue weighted by Crippen LogP contribution is 2.27. The fourth-order valence-corrected chi connectivity index (χ4v) is 2.89. The lowest BCUT2D eigenvalue weighted by molar-refractivity contribution is 0.219. The fourth-order valence-electron chi connectivity index (χ4n) is 2.89. The Balaban J connectivity index is 1.25. The zero-order valence-electron chi connectivity index (χ0n) is 14.9. The van der Waals surface area contributed by atoms with Crippen molar-refractivity contribution >= 4 is 11.7 Å². The first-order chi connectivity index (χ1) is 13.7. The summed E-state index contributed by atoms with van der Waals surface area (Å²) >= 11 is 0. The number of fused-ring (bicyclic) bond motifs is 1. The van der Waals surface area contributed by atoms with Crippen LogP contribution in [0.15, 0.2) is 66.9 Å². The Morgan fingerprint density at radius 3 is 2.71 bits per heavy atom. The Morgan fingerprint density at radius 1 is 1.14 bits per heavy atom. The lowest BCUT2D eigenvalue weighted by Crippen LogP contribution is -2.37. The van der Waals surface area contributed by atoms with Gasteiger partial charge in [0.1, 0.15) is 23.4 Å². The minimum Gasteiger partial charge on any atom is -0.488 e. The molecule has 2 heterocycles. The fraction of sp³-hybridized carbons (Fsp3) is 0.143. The summed E-state index contributed by atoms with van der Waals surface area (Å²) < 4.78 is 24.2. The molecule has 0 aliphatic carbocycles. The van der Waals surface area contributed by atoms with Crippen LogP contribution in [0.2, 0.25) is 0 Å². The molecule has 28 heavy (non-hydrogen) atoms. The second kappa shape index (κ2) is 7.96. The van der Waals surface area contributed by atoms with Crippen LogP contribution in [-0.4, -0.2) is 23.7 Å². The van der Waals surface area contributed by atoms with E-state index >= 15 is 0 Å². The van der Waals surface area contributed by atoms with E-state index in [1.165, 1.54) is 30.5 Å². The van der Waals surface area contributed by atoms with Gasteiger partial charge < -0.3 is 20.1 Å². The number of carbonyl (C=O) groups is 1. The molecule has 1 atom stereocenters. The molecule has 0 unspecified atom stereocenters. The van der Waals surface area contributed by atoms with E-state index in [0.29, 0.717) is 23.9 Å². The Morgan fingerprint density at radius 2 is 1.96 bits per heavy atom. The van der Waals surface area contributed by atoms with Gasteiger partial charge in [-0.3, -0.25) is 0 Å². The maximum atomic E-state index is 12.9. The number of urea groups is 1. The standard InChI is InChI=1S/C21H18FN3O3/c22-15-5-8-17(9-6-15)28-20-10-7-16(12-23-20)25-21(26)24-13-18-11-14-3-1-2-4-19(14)27-18/h1-10,12,18H,11,13H2,(H2,24,25,26)/t18-/m1/s1. The molecule has 0 fully saturated rings. The molecule has 1 aromatic heterocycles. The molecule has 0 saturated carbocycles. The largest absolute Gasteiger partial charge is 0.488 e. The monoisotopic (exact) mass is 379 g/mol. The molecule has 142 valence electrons. The van der Waals surface area contributed by atoms with Gasteiger partial charge in [-0.2, -0.15) is 0 Å². The summed E-state index contributed by atoms with van der Waals surface area (Å²) in [7, 11) is 0. The normalized spacial score (nSPS) is 14.7. The topological polar surface area (TPSA) is 72.5 Å². The number of aromatic nitrogens is 1. The second-order valence-electron chi connectivity index (χ2n) is 6.33. The maximum absolute atomic E-state index is 12.9. The number of para-hydroxylation sites is 1. The lowest BCUT2D eigenvalue weighted by atomic mass is 10.1. The summed E-state index contributed by atoms with van der Waals surface area (Å²) in [6, 6.07) is 16.5. The van der Waals surface area contributed by atoms with Gasteiger partial charge in [0.15, 0.2) is 0 Å². The van der Waals surface area contributed by atoms with Gasteiger partial charge in [0, 0.05) is 12.5 Å². The first-order valence-electron chi connectivity index (χ1n) is 8.84. The van der Waals surface area contributed by atoms with Crippen molar-refractivity contribution < 1.29 is 18.7 Å². The molecule has 1 aliphatic rings. The van der Waals surface area contributed by atoms with Crippen LogP contribution >= 0.6 is 0 Å². The molecule has 6 nitrogen and oxygen atoms in total. The van der Waals surface area contributed by atoms with Gasteiger partial charge in [0.05, 0.1) is 18.4 Å². The van der Waals surface area contributed by atoms with E-state index in [1.807, 2.05) is 24.3 Å². The number of nitrogens with zero attached hydrogens (tertiary/aromatic N) is 1. The summed E-state index contributed by atoms with van der Waals surface area (Å²) in [5, 5.41) is 5.51. The Bertz CT molecular complexity index is 936. The van der Waals surface area contributed by atoms with E-state index in [-0.39, 0.29) is 18.0 Å². The zero-order valence-corrected chi connectivity index (χ0v) is 14.9. The number of benzene rings is 2. The van der Waals surface area contributed by atoms with Gasteiger partial charge in [0.2, 0.25) is 5.88 Å². The van der Waals surface area contributed by atoms with Gasteiger partial charge in [-0.25, -0.2) is 14.2 Å². The van der Waals surface area contributed by atoms with Crippen LogP contribution in [0.3, 0.4) is 0 Å². The zero-order chi connectivity index (χ0) is 19.3. The highest BCUT2D eigenvalue weighted by Gasteiger charge is 2.22. The average molecular weight is 379 g/mol. The lowest BCUT2D eigenvalue weighted by Gasteiger charge is -2.13. The molecule has 7 heteroatoms. The number of hydrogen-bond acceptors (Lipinski definition) is 4. The van der Waals surface area contributed by atoms with Crippen LogP contribution in [0, 0.1) is 5.82 Å². The maximum Gasteiger partial charge on any atom is 0.319 e. The first-order valence-corrected chi connectivity index (χ1v) is 8.84. The minimum atomic E-state index is -0.339. The minimum absolute atomic E-state index is 0.0761. The number of pyridine rings is 1. The quantitative estimate of drug-likeness (QED) is 0.699. The summed E-state index contributed by atoms with van der Waals surface area (Å²) in [6.07, 6.45) is 2.18. The van der Waals surface area contributed by atoms with Crippen LogP contribution in [0.4, 0.5) is 14.9 Å². The predicted molar refractivity (Wildman–Crippen MR) is 102 cm³/mol. The molecule has 4 rings (SSSR count). The molecule has 2 aromatic carbocycles. The number of amides is 2. The van der Waals surface area contributed by atoms with Crippen LogP contribution in [0.25, 0.3) is 0 Å². The highest BCUT2D eigenvalue weighted by molar-refractivity contribution is 5.89. The molecule has 0 bridgehead atoms. The van der Waals surface area contributed by atoms with Crippen LogP contribution in [0.1, 0.15) is 5.56 Å². The van der Waals surface area contributed by atoms with Gasteiger partial charge in [-0.15, -0.1) is 0 Å². The number of rotatable bonds is 5. The molecule has 1 aliphatic heterocycles. The number of halogens is 1. The first kappa shape index (κ1) is 17.8. The van der Waals surface area contributed by atoms with Gasteiger partial charge in [0.25, 0.3) is 0 Å². The summed E-state index contributed by atoms with van der Waals surface area (Å²) in [5.74, 6) is 1.35. The number of ether oxygens (including phenoxy) is 2. The van der Waals surface area contributed by atoms with E-state index in [0.717, 1.165) is 17.7 Å². The van der Waals surface area contributed by atoms with Crippen molar-refractivity contribution in [2.45, 2.75) is 12.5 Å². The number of hydrogen-bond donors (Lipinski definition) is 2. The van der Waals surface area contributed by atoms with Crippen molar-refractivity contribution in [2.24, 2.45) is 0 Å². The van der Waals surface area contributed by atoms with Crippen LogP contribution in [-0.2, 0) is 6.42 Å². The third-order valence-corrected chi connectivity index (χ3v) is 4.23. The van der Waals surface area contributed by atoms with Crippen molar-refractivity contribution in [2.75, 3.05) is 11.9 Å². The highest BCUT2D eigenvalue weighted by atomic mass is 19.1. The van der Waals surface area contributed by atoms with Gasteiger partial charge >= 0.3 is 6.03 Å². The van der Waals surface area contributed by atoms with Gasteiger partial charge in [-0.1, -0.05) is 18.2 Å². The smallest absolute Gasteiger partial charge is 0.319 e. The Kier molecular flexibility index (Phi) is 5.05. The molecule has 2 amide bonds. The van der Waals surface area contributed by atoms with Crippen molar-refractivity contribution in [3.05, 3.63) is 78.2 Å². The summed E-state index contributed by atoms with van der Waals surface area (Å²) in [6.45, 7) is 0.402. The third-order valence-electron chi connectivity index (χ3n) is 4.23. The van der Waals surface area contributed by atoms with Crippen molar-refractivity contribution in [3.63, 3.8) is 0 Å². The number of anilines is 1. The Labute approximate surface area is 161 Å². The molecule has 0 spiro atoms. The molecule has 0 saturated heterocycles. The van der Waals surface area contributed by atoms with Crippen LogP contribution < -0.4 is 20.1 Å². The molecule has 2 N–H and O–H groups in total. The van der Waals surface area contributed by atoms with Crippen molar-refractivity contribution in [1.82, 2.24) is 10.3 Å². The molecular weight excluding hydrogens is 361 g/mol. The van der Waals surface area contributed by atoms with E-state index in [4.69, 9.17) is 9.47 Å². The molecule has 0 radical (unpaired) electrons. The number of nitrogens with one attached hydrogen (secondary N) is 2. The van der Waals surface area contributed by atoms with Crippen molar-refractivity contribution in [1.29, 1.82) is 0 Å². The van der Waals surface area contributed by atoms with E-state index in [9.17, 15) is 9.18 Å². The SMILES string of the molecule is O=C(NC[C@H]1Cc2ccccc2O1)Nc1ccc(Oc2ccc(F)cc2)nc1. The molecular formula is C21H18FN3O3. The average Bonchev–Trinajstić information content (AvgIpc) is 3.13. The second-order valence-corrected chi connectivity index (χ2v) is 6.33. The van der Waals surface area contributed by atoms with E-state index in [2.05, 4.69) is 15.6 Å². The third kappa shape index (κ3) is 4.37. The summed E-state index contributed by atoms with van der Waals surface area (Å²) in [5.41, 5.74) is 1.68. The predicted octanol–water partition coefficient (Wildman–Crippen LogP) is 4.14. The number of carbonyl (C=O) groups excluding carboxylic acids is 1. The molecule has 3 aromatic rings. The van der Waals surface area contributed by atoms with E-state index in [1.54, 1.807) is 12.1 Å². The van der Waals surface area contributed by atoms with E-state index < -0.39 is 0 Å².